The number of hydrogen-bond acceptors (Lipinski definition) is 3. The van der Waals surface area contributed by atoms with Gasteiger partial charge in [-0.15, -0.1) is 0 Å². The third kappa shape index (κ3) is 2.86. The Hall–Kier alpha value is -0.610. The first-order valence-corrected chi connectivity index (χ1v) is 7.31. The molecule has 1 amide bonds. The topological polar surface area (TPSA) is 66.6 Å². The Labute approximate surface area is 110 Å². The molecular weight excluding hydrogens is 228 g/mol. The third-order valence-corrected chi connectivity index (χ3v) is 4.78. The van der Waals surface area contributed by atoms with Crippen LogP contribution < -0.4 is 5.73 Å². The van der Waals surface area contributed by atoms with E-state index in [0.717, 1.165) is 38.6 Å². The van der Waals surface area contributed by atoms with Crippen molar-refractivity contribution in [3.63, 3.8) is 0 Å². The lowest BCUT2D eigenvalue weighted by molar-refractivity contribution is -0.138. The summed E-state index contributed by atoms with van der Waals surface area (Å²) in [5.41, 5.74) is 5.90. The van der Waals surface area contributed by atoms with E-state index in [1.807, 2.05) is 4.90 Å². The maximum atomic E-state index is 12.4. The Morgan fingerprint density at radius 2 is 2.06 bits per heavy atom. The Bertz CT molecular complexity index is 284. The van der Waals surface area contributed by atoms with Crippen molar-refractivity contribution >= 4 is 5.91 Å². The highest BCUT2D eigenvalue weighted by molar-refractivity contribution is 5.77. The average molecular weight is 254 g/mol. The molecule has 0 radical (unpaired) electrons. The van der Waals surface area contributed by atoms with Crippen LogP contribution in [-0.2, 0) is 4.79 Å². The molecule has 2 rings (SSSR count). The van der Waals surface area contributed by atoms with Crippen molar-refractivity contribution in [2.45, 2.75) is 57.4 Å². The van der Waals surface area contributed by atoms with Crippen LogP contribution in [-0.4, -0.2) is 41.7 Å². The Morgan fingerprint density at radius 1 is 1.28 bits per heavy atom. The molecule has 3 N–H and O–H groups in total. The van der Waals surface area contributed by atoms with E-state index in [2.05, 4.69) is 0 Å². The van der Waals surface area contributed by atoms with Crippen LogP contribution in [0.3, 0.4) is 0 Å². The van der Waals surface area contributed by atoms with Crippen LogP contribution in [0.25, 0.3) is 0 Å². The van der Waals surface area contributed by atoms with Crippen molar-refractivity contribution < 1.29 is 9.90 Å². The molecule has 0 aromatic heterocycles. The van der Waals surface area contributed by atoms with Gasteiger partial charge in [-0.1, -0.05) is 19.3 Å². The summed E-state index contributed by atoms with van der Waals surface area (Å²) >= 11 is 0. The van der Waals surface area contributed by atoms with Gasteiger partial charge in [-0.2, -0.15) is 0 Å². The molecule has 1 unspecified atom stereocenters. The number of aliphatic hydroxyl groups excluding tert-OH is 1. The highest BCUT2D eigenvalue weighted by Crippen LogP contribution is 2.43. The molecule has 0 bridgehead atoms. The second-order valence-corrected chi connectivity index (χ2v) is 6.01. The van der Waals surface area contributed by atoms with E-state index in [-0.39, 0.29) is 24.0 Å². The Kier molecular flexibility index (Phi) is 4.62. The molecule has 1 aliphatic carbocycles. The van der Waals surface area contributed by atoms with Gasteiger partial charge in [0.15, 0.2) is 0 Å². The van der Waals surface area contributed by atoms with E-state index in [9.17, 15) is 9.90 Å². The van der Waals surface area contributed by atoms with Gasteiger partial charge < -0.3 is 15.7 Å². The van der Waals surface area contributed by atoms with Gasteiger partial charge in [0.05, 0.1) is 12.6 Å². The zero-order valence-corrected chi connectivity index (χ0v) is 11.2. The number of nitrogens with two attached hydrogens (primary N) is 1. The first-order valence-electron chi connectivity index (χ1n) is 7.31. The fraction of sp³-hybridized carbons (Fsp3) is 0.929. The molecule has 4 heteroatoms. The first kappa shape index (κ1) is 13.8. The van der Waals surface area contributed by atoms with E-state index in [1.165, 1.54) is 12.8 Å². The van der Waals surface area contributed by atoms with Crippen LogP contribution in [0.5, 0.6) is 0 Å². The van der Waals surface area contributed by atoms with Gasteiger partial charge in [-0.25, -0.2) is 0 Å². The van der Waals surface area contributed by atoms with E-state index in [0.29, 0.717) is 13.0 Å². The normalized spacial score (nSPS) is 27.4. The van der Waals surface area contributed by atoms with E-state index >= 15 is 0 Å². The number of carbonyl (C=O) groups excluding carboxylic acids is 1. The monoisotopic (exact) mass is 254 g/mol. The smallest absolute Gasteiger partial charge is 0.223 e. The number of amides is 1. The minimum absolute atomic E-state index is 0.0369. The average Bonchev–Trinajstić information content (AvgIpc) is 2.58. The zero-order chi connectivity index (χ0) is 13.0. The predicted octanol–water partition coefficient (Wildman–Crippen LogP) is 1.27. The second-order valence-electron chi connectivity index (χ2n) is 6.01. The van der Waals surface area contributed by atoms with Crippen LogP contribution in [0, 0.1) is 5.41 Å². The van der Waals surface area contributed by atoms with Crippen LogP contribution >= 0.6 is 0 Å². The van der Waals surface area contributed by atoms with Gasteiger partial charge in [0.1, 0.15) is 0 Å². The summed E-state index contributed by atoms with van der Waals surface area (Å²) in [4.78, 5) is 14.4. The molecular formula is C14H26N2O2. The Balaban J connectivity index is 1.97. The van der Waals surface area contributed by atoms with Crippen molar-refractivity contribution in [3.8, 4) is 0 Å². The fourth-order valence-electron chi connectivity index (χ4n) is 3.25. The molecule has 4 nitrogen and oxygen atoms in total. The van der Waals surface area contributed by atoms with Gasteiger partial charge in [0.2, 0.25) is 5.91 Å². The molecule has 1 heterocycles. The maximum Gasteiger partial charge on any atom is 0.223 e. The molecule has 2 aliphatic rings. The summed E-state index contributed by atoms with van der Waals surface area (Å²) in [7, 11) is 0. The predicted molar refractivity (Wildman–Crippen MR) is 71.0 cm³/mol. The van der Waals surface area contributed by atoms with Crippen LogP contribution in [0.4, 0.5) is 0 Å². The molecule has 104 valence electrons. The Morgan fingerprint density at radius 3 is 2.61 bits per heavy atom. The van der Waals surface area contributed by atoms with Crippen molar-refractivity contribution in [2.75, 3.05) is 19.7 Å². The number of rotatable bonds is 4. The lowest BCUT2D eigenvalue weighted by Gasteiger charge is -2.42. The highest BCUT2D eigenvalue weighted by atomic mass is 16.3. The fourth-order valence-corrected chi connectivity index (χ4v) is 3.25. The quantitative estimate of drug-likeness (QED) is 0.794. The highest BCUT2D eigenvalue weighted by Gasteiger charge is 2.39. The molecule has 0 aromatic rings. The van der Waals surface area contributed by atoms with Gasteiger partial charge >= 0.3 is 0 Å². The molecule has 18 heavy (non-hydrogen) atoms. The van der Waals surface area contributed by atoms with Gasteiger partial charge in [-0.05, 0) is 37.6 Å². The SMILES string of the molecule is NCC1(CC(=O)N2CCCCCC2CO)CCC1. The summed E-state index contributed by atoms with van der Waals surface area (Å²) in [5.74, 6) is 0.209. The number of nitrogens with zero attached hydrogens (tertiary/aromatic N) is 1. The number of likely N-dealkylation sites (tertiary alicyclic amines) is 1. The van der Waals surface area contributed by atoms with E-state index < -0.39 is 0 Å². The van der Waals surface area contributed by atoms with Gasteiger partial charge in [0.25, 0.3) is 0 Å². The number of carbonyl (C=O) groups is 1. The number of aliphatic hydroxyl groups is 1. The summed E-state index contributed by atoms with van der Waals surface area (Å²) in [6, 6.07) is 0.0369. The standard InChI is InChI=1S/C14H26N2O2/c15-11-14(6-4-7-14)9-13(18)16-8-3-1-2-5-12(16)10-17/h12,17H,1-11,15H2. The van der Waals surface area contributed by atoms with E-state index in [4.69, 9.17) is 5.73 Å². The van der Waals surface area contributed by atoms with Crippen molar-refractivity contribution in [1.29, 1.82) is 0 Å². The summed E-state index contributed by atoms with van der Waals surface area (Å²) in [6.45, 7) is 1.53. The van der Waals surface area contributed by atoms with Gasteiger partial charge in [0, 0.05) is 13.0 Å². The molecule has 1 saturated heterocycles. The molecule has 1 aliphatic heterocycles. The summed E-state index contributed by atoms with van der Waals surface area (Å²) in [6.07, 6.45) is 8.27. The maximum absolute atomic E-state index is 12.4. The zero-order valence-electron chi connectivity index (χ0n) is 11.2. The molecule has 0 spiro atoms. The van der Waals surface area contributed by atoms with Crippen molar-refractivity contribution in [1.82, 2.24) is 4.90 Å². The molecule has 1 saturated carbocycles. The largest absolute Gasteiger partial charge is 0.394 e. The van der Waals surface area contributed by atoms with Gasteiger partial charge in [-0.3, -0.25) is 4.79 Å². The van der Waals surface area contributed by atoms with Crippen LogP contribution in [0.2, 0.25) is 0 Å². The first-order chi connectivity index (χ1) is 8.71. The summed E-state index contributed by atoms with van der Waals surface area (Å²) < 4.78 is 0. The number of hydrogen-bond donors (Lipinski definition) is 2. The summed E-state index contributed by atoms with van der Waals surface area (Å²) in [5, 5.41) is 9.44. The van der Waals surface area contributed by atoms with Crippen molar-refractivity contribution in [2.24, 2.45) is 11.1 Å². The lowest BCUT2D eigenvalue weighted by Crippen LogP contribution is -2.47. The molecule has 0 aromatic carbocycles. The third-order valence-electron chi connectivity index (χ3n) is 4.78. The lowest BCUT2D eigenvalue weighted by atomic mass is 9.66. The van der Waals surface area contributed by atoms with Crippen LogP contribution in [0.1, 0.15) is 51.4 Å². The van der Waals surface area contributed by atoms with Crippen molar-refractivity contribution in [3.05, 3.63) is 0 Å². The molecule has 2 fully saturated rings. The minimum atomic E-state index is 0.0369. The minimum Gasteiger partial charge on any atom is -0.394 e. The molecule has 1 atom stereocenters. The second kappa shape index (κ2) is 6.02. The van der Waals surface area contributed by atoms with Crippen LogP contribution in [0.15, 0.2) is 0 Å². The van der Waals surface area contributed by atoms with E-state index in [1.54, 1.807) is 0 Å².